The van der Waals surface area contributed by atoms with E-state index in [-0.39, 0.29) is 5.56 Å². The lowest BCUT2D eigenvalue weighted by Gasteiger charge is -2.02. The van der Waals surface area contributed by atoms with E-state index >= 15 is 0 Å². The Kier molecular flexibility index (Phi) is 1.99. The maximum Gasteiger partial charge on any atom is 0.296 e. The van der Waals surface area contributed by atoms with Crippen LogP contribution in [0.25, 0.3) is 10.9 Å². The van der Waals surface area contributed by atoms with Crippen molar-refractivity contribution >= 4 is 33.5 Å². The third kappa shape index (κ3) is 1.31. The molecule has 1 aromatic carbocycles. The van der Waals surface area contributed by atoms with Gasteiger partial charge in [0, 0.05) is 5.39 Å². The van der Waals surface area contributed by atoms with E-state index in [9.17, 15) is 10.0 Å². The average molecular weight is 287 g/mol. The number of rotatable bonds is 0. The van der Waals surface area contributed by atoms with E-state index in [1.54, 1.807) is 18.2 Å². The Morgan fingerprint density at radius 2 is 2.00 bits per heavy atom. The van der Waals surface area contributed by atoms with Crippen molar-refractivity contribution in [3.63, 3.8) is 0 Å². The second kappa shape index (κ2) is 3.02. The van der Waals surface area contributed by atoms with Crippen LogP contribution in [-0.4, -0.2) is 9.94 Å². The van der Waals surface area contributed by atoms with E-state index in [2.05, 4.69) is 0 Å². The Bertz CT molecular complexity index is 518. The first kappa shape index (κ1) is 8.55. The Morgan fingerprint density at radius 1 is 1.31 bits per heavy atom. The minimum Gasteiger partial charge on any atom is -0.425 e. The molecule has 66 valence electrons. The van der Waals surface area contributed by atoms with Gasteiger partial charge in [0.1, 0.15) is 0 Å². The lowest BCUT2D eigenvalue weighted by molar-refractivity contribution is 0.188. The summed E-state index contributed by atoms with van der Waals surface area (Å²) in [4.78, 5) is 11.3. The smallest absolute Gasteiger partial charge is 0.296 e. The summed E-state index contributed by atoms with van der Waals surface area (Å²) < 4.78 is 1.19. The first-order valence-corrected chi connectivity index (χ1v) is 4.77. The monoisotopic (exact) mass is 287 g/mol. The van der Waals surface area contributed by atoms with Gasteiger partial charge in [-0.25, -0.2) is 0 Å². The number of aromatic nitrogens is 1. The van der Waals surface area contributed by atoms with Crippen molar-refractivity contribution in [3.8, 4) is 0 Å². The van der Waals surface area contributed by atoms with Crippen LogP contribution in [0.1, 0.15) is 0 Å². The molecule has 0 spiro atoms. The molecule has 0 radical (unpaired) electrons. The van der Waals surface area contributed by atoms with Crippen molar-refractivity contribution in [2.75, 3.05) is 0 Å². The third-order valence-corrected chi connectivity index (χ3v) is 2.62. The quantitative estimate of drug-likeness (QED) is 0.593. The summed E-state index contributed by atoms with van der Waals surface area (Å²) in [5.74, 6) is 0. The third-order valence-electron chi connectivity index (χ3n) is 1.84. The molecule has 1 N–H and O–H groups in total. The van der Waals surface area contributed by atoms with Crippen molar-refractivity contribution in [1.82, 2.24) is 4.73 Å². The van der Waals surface area contributed by atoms with E-state index < -0.39 is 0 Å². The number of hydrogen-bond acceptors (Lipinski definition) is 2. The fourth-order valence-corrected chi connectivity index (χ4v) is 1.78. The molecule has 0 atom stereocenters. The number of nitrogens with zero attached hydrogens (tertiary/aromatic N) is 1. The second-order valence-electron chi connectivity index (χ2n) is 2.67. The molecule has 1 heterocycles. The maximum atomic E-state index is 11.3. The number of para-hydroxylation sites is 1. The first-order chi connectivity index (χ1) is 6.20. The molecule has 4 heteroatoms. The Hall–Kier alpha value is -1.04. The van der Waals surface area contributed by atoms with E-state index in [1.807, 2.05) is 34.7 Å². The molecule has 2 rings (SSSR count). The largest absolute Gasteiger partial charge is 0.425 e. The van der Waals surface area contributed by atoms with Gasteiger partial charge in [-0.3, -0.25) is 4.79 Å². The Labute approximate surface area is 87.7 Å². The first-order valence-electron chi connectivity index (χ1n) is 3.70. The predicted octanol–water partition coefficient (Wildman–Crippen LogP) is 1.84. The van der Waals surface area contributed by atoms with Gasteiger partial charge < -0.3 is 5.21 Å². The van der Waals surface area contributed by atoms with E-state index in [0.29, 0.717) is 13.8 Å². The number of pyridine rings is 1. The molecule has 0 aliphatic carbocycles. The molecule has 1 aromatic heterocycles. The minimum atomic E-state index is -0.376. The van der Waals surface area contributed by atoms with Crippen LogP contribution in [0.15, 0.2) is 35.1 Å². The van der Waals surface area contributed by atoms with Gasteiger partial charge in [-0.2, -0.15) is 0 Å². The second-order valence-corrected chi connectivity index (χ2v) is 3.83. The fourth-order valence-electron chi connectivity index (χ4n) is 1.21. The number of hydrogen-bond donors (Lipinski definition) is 1. The summed E-state index contributed by atoms with van der Waals surface area (Å²) in [6.07, 6.45) is 0. The van der Waals surface area contributed by atoms with Gasteiger partial charge in [-0.15, -0.1) is 4.73 Å². The van der Waals surface area contributed by atoms with Crippen molar-refractivity contribution in [3.05, 3.63) is 44.3 Å². The molecule has 0 amide bonds. The van der Waals surface area contributed by atoms with Crippen LogP contribution in [-0.2, 0) is 0 Å². The van der Waals surface area contributed by atoms with E-state index in [0.717, 1.165) is 5.39 Å². The predicted molar refractivity (Wildman–Crippen MR) is 58.1 cm³/mol. The van der Waals surface area contributed by atoms with Gasteiger partial charge >= 0.3 is 0 Å². The summed E-state index contributed by atoms with van der Waals surface area (Å²) in [6, 6.07) is 8.95. The van der Waals surface area contributed by atoms with Crippen LogP contribution in [0.2, 0.25) is 0 Å². The number of halogens is 1. The summed E-state index contributed by atoms with van der Waals surface area (Å²) in [7, 11) is 0. The van der Waals surface area contributed by atoms with Crippen LogP contribution >= 0.6 is 22.6 Å². The summed E-state index contributed by atoms with van der Waals surface area (Å²) >= 11 is 1.90. The fraction of sp³-hybridized carbons (Fsp3) is 0. The maximum absolute atomic E-state index is 11.3. The van der Waals surface area contributed by atoms with Gasteiger partial charge in [0.25, 0.3) is 5.56 Å². The van der Waals surface area contributed by atoms with Gasteiger partial charge in [-0.1, -0.05) is 18.2 Å². The molecular weight excluding hydrogens is 281 g/mol. The highest BCUT2D eigenvalue weighted by Crippen LogP contribution is 2.12. The summed E-state index contributed by atoms with van der Waals surface area (Å²) in [5.41, 5.74) is 0.159. The van der Waals surface area contributed by atoms with Crippen molar-refractivity contribution in [1.29, 1.82) is 0 Å². The average Bonchev–Trinajstić information content (AvgIpc) is 2.15. The van der Waals surface area contributed by atoms with Crippen LogP contribution in [0.4, 0.5) is 0 Å². The topological polar surface area (TPSA) is 42.2 Å². The lowest BCUT2D eigenvalue weighted by Crippen LogP contribution is -2.20. The molecule has 3 nitrogen and oxygen atoms in total. The minimum absolute atomic E-state index is 0.376. The SMILES string of the molecule is O=c1c(I)cc2ccccc2n1O. The highest BCUT2D eigenvalue weighted by molar-refractivity contribution is 14.1. The van der Waals surface area contributed by atoms with Crippen molar-refractivity contribution < 1.29 is 5.21 Å². The highest BCUT2D eigenvalue weighted by atomic mass is 127. The zero-order valence-corrected chi connectivity index (χ0v) is 8.72. The van der Waals surface area contributed by atoms with Crippen LogP contribution < -0.4 is 5.56 Å². The molecule has 0 saturated heterocycles. The van der Waals surface area contributed by atoms with Crippen molar-refractivity contribution in [2.24, 2.45) is 0 Å². The van der Waals surface area contributed by atoms with Gasteiger partial charge in [0.2, 0.25) is 0 Å². The standard InChI is InChI=1S/C9H6INO2/c10-7-5-6-3-1-2-4-8(6)11(13)9(7)12/h1-5,13H. The lowest BCUT2D eigenvalue weighted by atomic mass is 10.2. The van der Waals surface area contributed by atoms with Gasteiger partial charge in [0.15, 0.2) is 0 Å². The molecule has 2 aromatic rings. The van der Waals surface area contributed by atoms with Gasteiger partial charge in [-0.05, 0) is 34.7 Å². The molecule has 0 fully saturated rings. The summed E-state index contributed by atoms with van der Waals surface area (Å²) in [5, 5.41) is 10.3. The van der Waals surface area contributed by atoms with Crippen LogP contribution in [0, 0.1) is 3.57 Å². The Balaban J connectivity index is 3.02. The molecule has 0 aliphatic rings. The zero-order chi connectivity index (χ0) is 9.42. The van der Waals surface area contributed by atoms with E-state index in [4.69, 9.17) is 0 Å². The zero-order valence-electron chi connectivity index (χ0n) is 6.57. The van der Waals surface area contributed by atoms with E-state index in [1.165, 1.54) is 0 Å². The van der Waals surface area contributed by atoms with Gasteiger partial charge in [0.05, 0.1) is 9.09 Å². The van der Waals surface area contributed by atoms with Crippen LogP contribution in [0.3, 0.4) is 0 Å². The normalized spacial score (nSPS) is 10.5. The molecule has 0 bridgehead atoms. The molecule has 0 aliphatic heterocycles. The van der Waals surface area contributed by atoms with Crippen molar-refractivity contribution in [2.45, 2.75) is 0 Å². The molecule has 0 saturated carbocycles. The molecule has 13 heavy (non-hydrogen) atoms. The van der Waals surface area contributed by atoms with Crippen LogP contribution in [0.5, 0.6) is 0 Å². The number of fused-ring (bicyclic) bond motifs is 1. The highest BCUT2D eigenvalue weighted by Gasteiger charge is 2.04. The Morgan fingerprint density at radius 3 is 2.77 bits per heavy atom. The molecular formula is C9H6INO2. The number of benzene rings is 1. The summed E-state index contributed by atoms with van der Waals surface area (Å²) in [6.45, 7) is 0. The molecule has 0 unspecified atom stereocenters.